The number of hydrogen-bond donors (Lipinski definition) is 2. The van der Waals surface area contributed by atoms with Gasteiger partial charge in [0.2, 0.25) is 0 Å². The zero-order valence-corrected chi connectivity index (χ0v) is 16.7. The van der Waals surface area contributed by atoms with Gasteiger partial charge in [0.1, 0.15) is 11.6 Å². The molecule has 1 atom stereocenters. The second-order valence-corrected chi connectivity index (χ2v) is 7.23. The van der Waals surface area contributed by atoms with E-state index >= 15 is 0 Å². The number of anilines is 2. The quantitative estimate of drug-likeness (QED) is 0.680. The highest BCUT2D eigenvalue weighted by atomic mass is 16.5. The lowest BCUT2D eigenvalue weighted by Crippen LogP contribution is -2.39. The number of piperidine rings is 1. The molecule has 0 bridgehead atoms. The van der Waals surface area contributed by atoms with Gasteiger partial charge in [-0.15, -0.1) is 0 Å². The van der Waals surface area contributed by atoms with E-state index in [0.29, 0.717) is 11.4 Å². The fourth-order valence-corrected chi connectivity index (χ4v) is 3.84. The van der Waals surface area contributed by atoms with Crippen LogP contribution in [0, 0.1) is 6.92 Å². The van der Waals surface area contributed by atoms with Gasteiger partial charge in [-0.25, -0.2) is 4.98 Å². The van der Waals surface area contributed by atoms with Gasteiger partial charge in [0, 0.05) is 24.5 Å². The molecule has 1 fully saturated rings. The average Bonchev–Trinajstić information content (AvgIpc) is 3.19. The van der Waals surface area contributed by atoms with Crippen molar-refractivity contribution in [3.8, 4) is 5.75 Å². The Balaban J connectivity index is 1.63. The van der Waals surface area contributed by atoms with Gasteiger partial charge in [-0.3, -0.25) is 9.89 Å². The molecule has 2 aromatic heterocycles. The molecule has 0 spiro atoms. The van der Waals surface area contributed by atoms with Crippen LogP contribution >= 0.6 is 0 Å². The van der Waals surface area contributed by atoms with Crippen LogP contribution in [0.5, 0.6) is 5.75 Å². The lowest BCUT2D eigenvalue weighted by Gasteiger charge is -2.35. The van der Waals surface area contributed by atoms with Gasteiger partial charge in [-0.2, -0.15) is 5.10 Å². The smallest absolute Gasteiger partial charge is 0.258 e. The van der Waals surface area contributed by atoms with Crippen molar-refractivity contribution in [3.63, 3.8) is 0 Å². The molecule has 3 heterocycles. The SMILES string of the molecule is COc1cccc(Nc2ncccc2C(=O)N2CCCCC2c2[nH]ncc2C)c1. The Labute approximate surface area is 170 Å². The second kappa shape index (κ2) is 8.34. The van der Waals surface area contributed by atoms with E-state index in [9.17, 15) is 4.79 Å². The lowest BCUT2D eigenvalue weighted by atomic mass is 9.96. The highest BCUT2D eigenvalue weighted by molar-refractivity contribution is 5.99. The van der Waals surface area contributed by atoms with Crippen LogP contribution in [0.15, 0.2) is 48.8 Å². The number of carbonyl (C=O) groups is 1. The Morgan fingerprint density at radius 2 is 2.17 bits per heavy atom. The first-order chi connectivity index (χ1) is 14.2. The molecule has 1 aromatic carbocycles. The minimum Gasteiger partial charge on any atom is -0.497 e. The molecule has 2 N–H and O–H groups in total. The van der Waals surface area contributed by atoms with Gasteiger partial charge < -0.3 is 15.0 Å². The van der Waals surface area contributed by atoms with Gasteiger partial charge in [0.25, 0.3) is 5.91 Å². The molecule has 1 aliphatic heterocycles. The third kappa shape index (κ3) is 3.94. The fourth-order valence-electron chi connectivity index (χ4n) is 3.84. The van der Waals surface area contributed by atoms with E-state index in [-0.39, 0.29) is 11.9 Å². The average molecular weight is 391 g/mol. The number of benzene rings is 1. The number of nitrogens with zero attached hydrogens (tertiary/aromatic N) is 3. The van der Waals surface area contributed by atoms with Crippen LogP contribution in [-0.4, -0.2) is 39.6 Å². The van der Waals surface area contributed by atoms with Crippen molar-refractivity contribution in [1.82, 2.24) is 20.1 Å². The van der Waals surface area contributed by atoms with Crippen molar-refractivity contribution in [3.05, 3.63) is 65.6 Å². The molecule has 1 aliphatic rings. The van der Waals surface area contributed by atoms with Crippen molar-refractivity contribution in [2.45, 2.75) is 32.2 Å². The molecule has 1 amide bonds. The Morgan fingerprint density at radius 3 is 2.97 bits per heavy atom. The molecule has 0 aliphatic carbocycles. The number of carbonyl (C=O) groups excluding carboxylic acids is 1. The van der Waals surface area contributed by atoms with E-state index in [1.54, 1.807) is 19.4 Å². The summed E-state index contributed by atoms with van der Waals surface area (Å²) in [6.45, 7) is 2.74. The van der Waals surface area contributed by atoms with Gasteiger partial charge in [0.15, 0.2) is 0 Å². The Hall–Kier alpha value is -3.35. The molecular weight excluding hydrogens is 366 g/mol. The number of hydrogen-bond acceptors (Lipinski definition) is 5. The highest BCUT2D eigenvalue weighted by Crippen LogP contribution is 2.33. The zero-order valence-electron chi connectivity index (χ0n) is 16.7. The number of amides is 1. The van der Waals surface area contributed by atoms with Crippen molar-refractivity contribution in [2.75, 3.05) is 19.0 Å². The van der Waals surface area contributed by atoms with Crippen LogP contribution in [0.3, 0.4) is 0 Å². The number of ether oxygens (including phenoxy) is 1. The first-order valence-corrected chi connectivity index (χ1v) is 9.84. The molecule has 150 valence electrons. The zero-order chi connectivity index (χ0) is 20.2. The van der Waals surface area contributed by atoms with Gasteiger partial charge in [-0.05, 0) is 56.0 Å². The van der Waals surface area contributed by atoms with Crippen molar-refractivity contribution in [2.24, 2.45) is 0 Å². The number of rotatable bonds is 5. The van der Waals surface area contributed by atoms with E-state index in [4.69, 9.17) is 4.74 Å². The fraction of sp³-hybridized carbons (Fsp3) is 0.318. The summed E-state index contributed by atoms with van der Waals surface area (Å²) in [5.41, 5.74) is 3.47. The maximum atomic E-state index is 13.5. The van der Waals surface area contributed by atoms with Gasteiger partial charge >= 0.3 is 0 Å². The number of nitrogens with one attached hydrogen (secondary N) is 2. The minimum atomic E-state index is -0.0257. The molecule has 0 radical (unpaired) electrons. The molecule has 3 aromatic rings. The van der Waals surface area contributed by atoms with Gasteiger partial charge in [-0.1, -0.05) is 6.07 Å². The molecule has 7 nitrogen and oxygen atoms in total. The van der Waals surface area contributed by atoms with Crippen LogP contribution in [0.4, 0.5) is 11.5 Å². The van der Waals surface area contributed by atoms with Crippen LogP contribution in [0.1, 0.15) is 46.9 Å². The van der Waals surface area contributed by atoms with Crippen molar-refractivity contribution >= 4 is 17.4 Å². The molecule has 4 rings (SSSR count). The summed E-state index contributed by atoms with van der Waals surface area (Å²) >= 11 is 0. The van der Waals surface area contributed by atoms with Crippen molar-refractivity contribution in [1.29, 1.82) is 0 Å². The van der Waals surface area contributed by atoms with E-state index in [2.05, 4.69) is 20.5 Å². The second-order valence-electron chi connectivity index (χ2n) is 7.23. The minimum absolute atomic E-state index is 0.00336. The maximum absolute atomic E-state index is 13.5. The number of likely N-dealkylation sites (tertiary alicyclic amines) is 1. The first kappa shape index (κ1) is 19.0. The summed E-state index contributed by atoms with van der Waals surface area (Å²) in [7, 11) is 1.63. The maximum Gasteiger partial charge on any atom is 0.258 e. The van der Waals surface area contributed by atoms with Crippen molar-refractivity contribution < 1.29 is 9.53 Å². The van der Waals surface area contributed by atoms with E-state index in [0.717, 1.165) is 48.5 Å². The van der Waals surface area contributed by atoms with Crippen LogP contribution in [-0.2, 0) is 0 Å². The van der Waals surface area contributed by atoms with Gasteiger partial charge in [0.05, 0.1) is 30.6 Å². The Morgan fingerprint density at radius 1 is 1.28 bits per heavy atom. The topological polar surface area (TPSA) is 83.1 Å². The molecule has 7 heteroatoms. The number of H-pyrrole nitrogens is 1. The van der Waals surface area contributed by atoms with E-state index in [1.807, 2.05) is 48.4 Å². The van der Waals surface area contributed by atoms with Crippen LogP contribution < -0.4 is 10.1 Å². The van der Waals surface area contributed by atoms with E-state index in [1.165, 1.54) is 0 Å². The van der Waals surface area contributed by atoms with Crippen LogP contribution in [0.2, 0.25) is 0 Å². The summed E-state index contributed by atoms with van der Waals surface area (Å²) in [6, 6.07) is 11.2. The summed E-state index contributed by atoms with van der Waals surface area (Å²) in [5.74, 6) is 1.25. The third-order valence-electron chi connectivity index (χ3n) is 5.34. The Kier molecular flexibility index (Phi) is 5.46. The number of aryl methyl sites for hydroxylation is 1. The number of aromatic nitrogens is 3. The molecule has 0 saturated carbocycles. The third-order valence-corrected chi connectivity index (χ3v) is 5.34. The van der Waals surface area contributed by atoms with Crippen LogP contribution in [0.25, 0.3) is 0 Å². The summed E-state index contributed by atoms with van der Waals surface area (Å²) in [5, 5.41) is 10.5. The summed E-state index contributed by atoms with van der Waals surface area (Å²) in [4.78, 5) is 19.9. The first-order valence-electron chi connectivity index (χ1n) is 9.84. The molecule has 29 heavy (non-hydrogen) atoms. The summed E-state index contributed by atoms with van der Waals surface area (Å²) in [6.07, 6.45) is 6.51. The molecule has 1 saturated heterocycles. The number of pyridine rings is 1. The van der Waals surface area contributed by atoms with E-state index < -0.39 is 0 Å². The lowest BCUT2D eigenvalue weighted by molar-refractivity contribution is 0.0606. The number of methoxy groups -OCH3 is 1. The highest BCUT2D eigenvalue weighted by Gasteiger charge is 2.31. The molecular formula is C22H25N5O2. The normalized spacial score (nSPS) is 16.5. The number of aromatic amines is 1. The standard InChI is InChI=1S/C22H25N5O2/c1-15-14-24-26-20(15)19-10-3-4-12-27(19)22(28)18-9-6-11-23-21(18)25-16-7-5-8-17(13-16)29-2/h5-9,11,13-14,19H,3-4,10,12H2,1-2H3,(H,23,25)(H,24,26). The molecule has 1 unspecified atom stereocenters. The predicted molar refractivity (Wildman–Crippen MR) is 111 cm³/mol. The Bertz CT molecular complexity index is 1000. The largest absolute Gasteiger partial charge is 0.497 e. The predicted octanol–water partition coefficient (Wildman–Crippen LogP) is 4.23. The monoisotopic (exact) mass is 391 g/mol. The summed E-state index contributed by atoms with van der Waals surface area (Å²) < 4.78 is 5.29.